The molecule has 17 heteroatoms. The van der Waals surface area contributed by atoms with Crippen molar-refractivity contribution in [2.45, 2.75) is 64.3 Å². The van der Waals surface area contributed by atoms with Gasteiger partial charge in [0, 0.05) is 12.2 Å². The topological polar surface area (TPSA) is 255 Å². The molecule has 4 rings (SSSR count). The fraction of sp³-hybridized carbons (Fsp3) is 0.308. The zero-order valence-electron chi connectivity index (χ0n) is 31.2. The second-order valence-corrected chi connectivity index (χ2v) is 13.5. The van der Waals surface area contributed by atoms with E-state index in [9.17, 15) is 33.9 Å². The van der Waals surface area contributed by atoms with Crippen molar-refractivity contribution in [3.05, 3.63) is 102 Å². The molecule has 0 saturated carbocycles. The molecular weight excluding hydrogens is 724 g/mol. The Bertz CT molecular complexity index is 2040. The van der Waals surface area contributed by atoms with Gasteiger partial charge in [-0.25, -0.2) is 9.59 Å². The molecule has 1 aromatic heterocycles. The van der Waals surface area contributed by atoms with E-state index in [0.29, 0.717) is 18.5 Å². The summed E-state index contributed by atoms with van der Waals surface area (Å²) < 4.78 is 10.3. The highest BCUT2D eigenvalue weighted by Crippen LogP contribution is 2.19. The van der Waals surface area contributed by atoms with E-state index in [1.807, 2.05) is 60.7 Å². The smallest absolute Gasteiger partial charge is 0.437 e. The zero-order chi connectivity index (χ0) is 40.7. The standard InChI is InChI=1S/C39H46N8O9/c1-39(2,3)56-38(54)47-36(40)46-34(51)30-19-18-29(43-30)33(50)44-28(15-9-10-20-41-37(53)55-23-24-11-5-4-6-12-24)32(49)45-31(22-48)35(52)42-27-17-16-25-13-7-8-14-26(25)21-27/h4-8,11-14,16-19,21,28,31,43,48H,9-10,15,20,22-23H2,1-3H3,(H,41,53)(H,42,52)(H,44,50)(H,45,49)(H3,40,46,47,51,54)/t28-,31-/m0/s1. The highest BCUT2D eigenvalue weighted by molar-refractivity contribution is 6.07. The van der Waals surface area contributed by atoms with E-state index in [-0.39, 0.29) is 31.0 Å². The van der Waals surface area contributed by atoms with Gasteiger partial charge in [0.15, 0.2) is 0 Å². The number of nitrogens with zero attached hydrogens (tertiary/aromatic N) is 1. The lowest BCUT2D eigenvalue weighted by molar-refractivity contribution is -0.128. The van der Waals surface area contributed by atoms with Crippen LogP contribution in [0.4, 0.5) is 15.3 Å². The van der Waals surface area contributed by atoms with Crippen molar-refractivity contribution in [2.24, 2.45) is 10.7 Å². The molecule has 0 aliphatic heterocycles. The molecule has 0 radical (unpaired) electrons. The monoisotopic (exact) mass is 770 g/mol. The summed E-state index contributed by atoms with van der Waals surface area (Å²) in [6.45, 7) is 4.46. The number of fused-ring (bicyclic) bond motifs is 1. The maximum absolute atomic E-state index is 13.6. The summed E-state index contributed by atoms with van der Waals surface area (Å²) in [5, 5.41) is 24.6. The highest BCUT2D eigenvalue weighted by atomic mass is 16.6. The van der Waals surface area contributed by atoms with Crippen LogP contribution in [0.15, 0.2) is 89.9 Å². The van der Waals surface area contributed by atoms with E-state index >= 15 is 0 Å². The van der Waals surface area contributed by atoms with Gasteiger partial charge in [-0.3, -0.25) is 24.5 Å². The first-order chi connectivity index (χ1) is 26.7. The first-order valence-corrected chi connectivity index (χ1v) is 17.7. The van der Waals surface area contributed by atoms with Crippen molar-refractivity contribution >= 4 is 58.2 Å². The van der Waals surface area contributed by atoms with Gasteiger partial charge in [-0.05, 0) is 80.6 Å². The average molecular weight is 771 g/mol. The molecule has 1 heterocycles. The molecule has 0 aliphatic carbocycles. The molecule has 0 bridgehead atoms. The number of anilines is 1. The van der Waals surface area contributed by atoms with E-state index in [2.05, 4.69) is 36.6 Å². The van der Waals surface area contributed by atoms with Crippen molar-refractivity contribution in [2.75, 3.05) is 18.5 Å². The quantitative estimate of drug-likeness (QED) is 0.0496. The number of aliphatic hydroxyl groups excluding tert-OH is 1. The number of nitrogens with one attached hydrogen (secondary N) is 6. The molecule has 17 nitrogen and oxygen atoms in total. The van der Waals surface area contributed by atoms with Crippen LogP contribution in [-0.2, 0) is 25.7 Å². The summed E-state index contributed by atoms with van der Waals surface area (Å²) in [7, 11) is 0. The number of amides is 6. The molecule has 3 aromatic carbocycles. The van der Waals surface area contributed by atoms with Crippen LogP contribution in [0.25, 0.3) is 10.8 Å². The number of aliphatic imine (C=N–C) groups is 1. The van der Waals surface area contributed by atoms with Gasteiger partial charge in [0.05, 0.1) is 6.61 Å². The molecule has 0 fully saturated rings. The number of alkyl carbamates (subject to hydrolysis) is 1. The number of ether oxygens (including phenoxy) is 2. The van der Waals surface area contributed by atoms with Gasteiger partial charge in [0.1, 0.15) is 35.7 Å². The van der Waals surface area contributed by atoms with Crippen LogP contribution in [0.2, 0.25) is 0 Å². The minimum absolute atomic E-state index is 0.0640. The minimum Gasteiger partial charge on any atom is -0.445 e. The number of rotatable bonds is 15. The third-order valence-electron chi connectivity index (χ3n) is 7.88. The molecule has 2 atom stereocenters. The molecule has 0 spiro atoms. The Morgan fingerprint density at radius 3 is 2.18 bits per heavy atom. The Labute approximate surface area is 322 Å². The zero-order valence-corrected chi connectivity index (χ0v) is 31.2. The van der Waals surface area contributed by atoms with Crippen LogP contribution in [-0.4, -0.2) is 82.7 Å². The number of aliphatic hydroxyl groups is 1. The average Bonchev–Trinajstić information content (AvgIpc) is 3.66. The predicted molar refractivity (Wildman–Crippen MR) is 207 cm³/mol. The molecule has 296 valence electrons. The molecule has 0 aliphatic rings. The number of carbonyl (C=O) groups excluding carboxylic acids is 6. The first kappa shape index (κ1) is 42.0. The number of hydrogen-bond acceptors (Lipinski definition) is 9. The van der Waals surface area contributed by atoms with Gasteiger partial charge >= 0.3 is 12.2 Å². The SMILES string of the molecule is CC(C)(C)OC(=O)/N=C(/N)NC(=O)c1ccc(C(=O)N[C@@H](CCCCNC(=O)OCc2ccccc2)C(=O)N[C@@H](CO)C(=O)Nc2ccc3ccccc3c2)[nH]1. The second-order valence-electron chi connectivity index (χ2n) is 13.5. The summed E-state index contributed by atoms with van der Waals surface area (Å²) in [6.07, 6.45) is -0.845. The van der Waals surface area contributed by atoms with Crippen molar-refractivity contribution in [1.29, 1.82) is 0 Å². The van der Waals surface area contributed by atoms with E-state index < -0.39 is 66.1 Å². The lowest BCUT2D eigenvalue weighted by Gasteiger charge is -2.22. The fourth-order valence-corrected chi connectivity index (χ4v) is 5.16. The van der Waals surface area contributed by atoms with Crippen LogP contribution in [0, 0.1) is 0 Å². The van der Waals surface area contributed by atoms with Crippen molar-refractivity contribution in [1.82, 2.24) is 26.3 Å². The summed E-state index contributed by atoms with van der Waals surface area (Å²) in [5.41, 5.74) is 5.88. The van der Waals surface area contributed by atoms with E-state index in [4.69, 9.17) is 15.2 Å². The van der Waals surface area contributed by atoms with Crippen LogP contribution in [0.5, 0.6) is 0 Å². The molecule has 0 saturated heterocycles. The normalized spacial score (nSPS) is 12.5. The molecule has 56 heavy (non-hydrogen) atoms. The van der Waals surface area contributed by atoms with Crippen molar-refractivity contribution in [3.63, 3.8) is 0 Å². The number of benzene rings is 3. The summed E-state index contributed by atoms with van der Waals surface area (Å²) >= 11 is 0. The summed E-state index contributed by atoms with van der Waals surface area (Å²) in [5.74, 6) is -3.58. The maximum atomic E-state index is 13.6. The van der Waals surface area contributed by atoms with E-state index in [0.717, 1.165) is 16.3 Å². The number of unbranched alkanes of at least 4 members (excludes halogenated alkanes) is 1. The molecular formula is C39H46N8O9. The van der Waals surface area contributed by atoms with Gasteiger partial charge in [-0.2, -0.15) is 0 Å². The lowest BCUT2D eigenvalue weighted by Crippen LogP contribution is -2.53. The summed E-state index contributed by atoms with van der Waals surface area (Å²) in [6, 6.07) is 22.0. The number of hydrogen-bond donors (Lipinski definition) is 8. The Hall–Kier alpha value is -6.75. The first-order valence-electron chi connectivity index (χ1n) is 17.7. The predicted octanol–water partition coefficient (Wildman–Crippen LogP) is 3.46. The largest absolute Gasteiger partial charge is 0.445 e. The minimum atomic E-state index is -1.37. The fourth-order valence-electron chi connectivity index (χ4n) is 5.16. The van der Waals surface area contributed by atoms with Crippen molar-refractivity contribution in [3.8, 4) is 0 Å². The number of aromatic nitrogens is 1. The van der Waals surface area contributed by atoms with Gasteiger partial charge in [-0.1, -0.05) is 60.7 Å². The van der Waals surface area contributed by atoms with Gasteiger partial charge in [-0.15, -0.1) is 4.99 Å². The Kier molecular flexibility index (Phi) is 15.1. The number of nitrogens with two attached hydrogens (primary N) is 1. The molecule has 0 unspecified atom stereocenters. The molecule has 4 aromatic rings. The molecule has 9 N–H and O–H groups in total. The van der Waals surface area contributed by atoms with E-state index in [1.54, 1.807) is 32.9 Å². The van der Waals surface area contributed by atoms with E-state index in [1.165, 1.54) is 12.1 Å². The van der Waals surface area contributed by atoms with Crippen LogP contribution < -0.4 is 32.3 Å². The third kappa shape index (κ3) is 13.6. The molecule has 6 amide bonds. The number of H-pyrrole nitrogens is 1. The third-order valence-corrected chi connectivity index (χ3v) is 7.88. The lowest BCUT2D eigenvalue weighted by atomic mass is 10.1. The van der Waals surface area contributed by atoms with Crippen molar-refractivity contribution < 1.29 is 43.3 Å². The van der Waals surface area contributed by atoms with Crippen LogP contribution in [0.3, 0.4) is 0 Å². The van der Waals surface area contributed by atoms with Crippen LogP contribution in [0.1, 0.15) is 66.6 Å². The number of carbonyl (C=O) groups is 6. The maximum Gasteiger partial charge on any atom is 0.437 e. The Morgan fingerprint density at radius 2 is 1.48 bits per heavy atom. The summed E-state index contributed by atoms with van der Waals surface area (Å²) in [4.78, 5) is 82.9. The Morgan fingerprint density at radius 1 is 0.804 bits per heavy atom. The Balaban J connectivity index is 1.38. The highest BCUT2D eigenvalue weighted by Gasteiger charge is 2.27. The van der Waals surface area contributed by atoms with Gasteiger partial charge < -0.3 is 46.6 Å². The van der Waals surface area contributed by atoms with Gasteiger partial charge in [0.2, 0.25) is 17.8 Å². The van der Waals surface area contributed by atoms with Crippen LogP contribution >= 0.6 is 0 Å². The number of guanidine groups is 1. The number of aromatic amines is 1. The second kappa shape index (κ2) is 20.1. The van der Waals surface area contributed by atoms with Gasteiger partial charge in [0.25, 0.3) is 11.8 Å².